The second kappa shape index (κ2) is 12.0. The Morgan fingerprint density at radius 2 is 1.93 bits per heavy atom. The van der Waals surface area contributed by atoms with Crippen LogP contribution in [0.2, 0.25) is 0 Å². The first-order valence-electron chi connectivity index (χ1n) is 13.4. The lowest BCUT2D eigenvalue weighted by Gasteiger charge is -2.49. The predicted molar refractivity (Wildman–Crippen MR) is 159 cm³/mol. The van der Waals surface area contributed by atoms with E-state index in [1.807, 2.05) is 20.8 Å². The van der Waals surface area contributed by atoms with E-state index < -0.39 is 47.4 Å². The van der Waals surface area contributed by atoms with E-state index in [0.717, 1.165) is 16.2 Å². The van der Waals surface area contributed by atoms with Crippen molar-refractivity contribution in [2.75, 3.05) is 24.6 Å². The quantitative estimate of drug-likeness (QED) is 0.123. The van der Waals surface area contributed by atoms with Crippen molar-refractivity contribution < 1.29 is 38.7 Å². The Balaban J connectivity index is 1.51. The largest absolute Gasteiger partial charge is 0.477 e. The van der Waals surface area contributed by atoms with E-state index in [4.69, 9.17) is 15.3 Å². The summed E-state index contributed by atoms with van der Waals surface area (Å²) in [6.07, 6.45) is 2.03. The maximum atomic E-state index is 13.3. The average molecular weight is 635 g/mol. The Morgan fingerprint density at radius 3 is 2.49 bits per heavy atom. The number of carbonyl (C=O) groups is 5. The number of oxime groups is 1. The summed E-state index contributed by atoms with van der Waals surface area (Å²) in [4.78, 5) is 75.7. The zero-order valence-electron chi connectivity index (χ0n) is 24.6. The molecule has 4 rings (SSSR count). The molecule has 3 amide bonds. The van der Waals surface area contributed by atoms with Gasteiger partial charge in [0, 0.05) is 28.8 Å². The molecule has 4 heterocycles. The molecule has 2 fully saturated rings. The zero-order valence-corrected chi connectivity index (χ0v) is 26.3. The highest BCUT2D eigenvalue weighted by Gasteiger charge is 2.54. The topological polar surface area (TPSA) is 194 Å². The van der Waals surface area contributed by atoms with Gasteiger partial charge in [-0.2, -0.15) is 0 Å². The van der Waals surface area contributed by atoms with Crippen molar-refractivity contribution in [3.63, 3.8) is 0 Å². The van der Waals surface area contributed by atoms with Crippen LogP contribution in [0.15, 0.2) is 33.5 Å². The predicted octanol–water partition coefficient (Wildman–Crippen LogP) is 1.48. The maximum absolute atomic E-state index is 13.3. The second-order valence-electron chi connectivity index (χ2n) is 12.0. The molecule has 14 nitrogen and oxygen atoms in total. The third-order valence-corrected chi connectivity index (χ3v) is 8.48. The van der Waals surface area contributed by atoms with Crippen LogP contribution in [0.4, 0.5) is 5.13 Å². The van der Waals surface area contributed by atoms with Crippen LogP contribution in [0, 0.1) is 0 Å². The summed E-state index contributed by atoms with van der Waals surface area (Å²) in [7, 11) is 0. The van der Waals surface area contributed by atoms with E-state index in [-0.39, 0.29) is 39.4 Å². The molecule has 3 aliphatic rings. The Kier molecular flexibility index (Phi) is 8.92. The molecule has 3 aliphatic heterocycles. The number of carboxylic acid groups (broad SMARTS) is 1. The molecule has 16 heteroatoms. The number of hydrogen-bond acceptors (Lipinski definition) is 12. The number of aliphatic carboxylic acids is 1. The van der Waals surface area contributed by atoms with Gasteiger partial charge in [-0.3, -0.25) is 19.3 Å². The van der Waals surface area contributed by atoms with Crippen LogP contribution >= 0.6 is 23.1 Å². The molecule has 0 aliphatic carbocycles. The number of nitrogens with one attached hydrogen (secondary N) is 1. The summed E-state index contributed by atoms with van der Waals surface area (Å²) in [5, 5.41) is 17.3. The smallest absolute Gasteiger partial charge is 0.352 e. The molecule has 2 atom stereocenters. The first-order chi connectivity index (χ1) is 20.0. The molecule has 2 saturated heterocycles. The number of ether oxygens (including phenoxy) is 1. The van der Waals surface area contributed by atoms with Crippen molar-refractivity contribution in [3.8, 4) is 0 Å². The number of aromatic nitrogens is 1. The fourth-order valence-corrected chi connectivity index (χ4v) is 6.54. The number of esters is 1. The molecule has 0 radical (unpaired) electrons. The van der Waals surface area contributed by atoms with Gasteiger partial charge in [-0.05, 0) is 59.6 Å². The van der Waals surface area contributed by atoms with Gasteiger partial charge < -0.3 is 30.6 Å². The molecule has 1 aromatic rings. The number of nitrogens with two attached hydrogens (primary N) is 1. The van der Waals surface area contributed by atoms with E-state index >= 15 is 0 Å². The van der Waals surface area contributed by atoms with Crippen LogP contribution in [0.1, 0.15) is 53.7 Å². The summed E-state index contributed by atoms with van der Waals surface area (Å²) in [6, 6.07) is -1.07. The molecule has 0 bridgehead atoms. The number of allylic oxidation sites excluding steroid dienone is 1. The van der Waals surface area contributed by atoms with Gasteiger partial charge in [0.2, 0.25) is 12.5 Å². The Morgan fingerprint density at radius 1 is 1.23 bits per heavy atom. The van der Waals surface area contributed by atoms with Crippen molar-refractivity contribution in [2.24, 2.45) is 5.16 Å². The van der Waals surface area contributed by atoms with Gasteiger partial charge in [-0.15, -0.1) is 23.1 Å². The van der Waals surface area contributed by atoms with Crippen LogP contribution in [0.3, 0.4) is 0 Å². The van der Waals surface area contributed by atoms with Crippen LogP contribution < -0.4 is 11.1 Å². The third kappa shape index (κ3) is 7.01. The minimum atomic E-state index is -1.32. The van der Waals surface area contributed by atoms with Crippen LogP contribution in [-0.4, -0.2) is 96.7 Å². The van der Waals surface area contributed by atoms with Gasteiger partial charge in [-0.1, -0.05) is 5.16 Å². The molecule has 43 heavy (non-hydrogen) atoms. The van der Waals surface area contributed by atoms with E-state index in [2.05, 4.69) is 15.5 Å². The number of rotatable bonds is 8. The van der Waals surface area contributed by atoms with Crippen molar-refractivity contribution in [1.29, 1.82) is 0 Å². The van der Waals surface area contributed by atoms with Crippen LogP contribution in [0.5, 0.6) is 0 Å². The first-order valence-corrected chi connectivity index (χ1v) is 15.3. The molecule has 4 N–H and O–H groups in total. The number of carboxylic acids is 1. The number of thioether (sulfide) groups is 1. The van der Waals surface area contributed by atoms with Crippen LogP contribution in [0.25, 0.3) is 0 Å². The van der Waals surface area contributed by atoms with Crippen LogP contribution in [-0.2, 0) is 33.5 Å². The van der Waals surface area contributed by atoms with Crippen molar-refractivity contribution in [3.05, 3.63) is 34.0 Å². The molecule has 2 unspecified atom stereocenters. The average Bonchev–Trinajstić information content (AvgIpc) is 3.48. The number of amides is 3. The number of thiazole rings is 1. The highest BCUT2D eigenvalue weighted by molar-refractivity contribution is 8.00. The standard InChI is InChI=1S/C27H34N6O8S2/c1-26(2,3)32-8-7-13(21(32)36)9-14-11-42-23-18(22(37)33(23)19(14)24(38)39)30-20(35)17(15-12-43-25(28)29-15)31-40-10-16(34)41-27(4,5)6/h9,12,18,23H,7-8,10-11H2,1-6H3,(H2,28,29)(H,30,35)(H,38,39). The fraction of sp³-hybridized carbons (Fsp3) is 0.519. The van der Waals surface area contributed by atoms with Gasteiger partial charge in [-0.25, -0.2) is 14.6 Å². The monoisotopic (exact) mass is 634 g/mol. The molecular weight excluding hydrogens is 600 g/mol. The van der Waals surface area contributed by atoms with Crippen molar-refractivity contribution in [2.45, 2.75) is 70.5 Å². The second-order valence-corrected chi connectivity index (χ2v) is 14.0. The van der Waals surface area contributed by atoms with Crippen molar-refractivity contribution in [1.82, 2.24) is 20.1 Å². The highest BCUT2D eigenvalue weighted by atomic mass is 32.2. The molecule has 1 aromatic heterocycles. The summed E-state index contributed by atoms with van der Waals surface area (Å²) < 4.78 is 5.16. The zero-order chi connectivity index (χ0) is 31.9. The lowest BCUT2D eigenvalue weighted by Crippen LogP contribution is -2.71. The molecular formula is C27H34N6O8S2. The maximum Gasteiger partial charge on any atom is 0.352 e. The van der Waals surface area contributed by atoms with E-state index in [1.165, 1.54) is 17.1 Å². The lowest BCUT2D eigenvalue weighted by atomic mass is 10.0. The summed E-state index contributed by atoms with van der Waals surface area (Å²) >= 11 is 2.31. The molecule has 0 saturated carbocycles. The van der Waals surface area contributed by atoms with Gasteiger partial charge in [0.1, 0.15) is 28.4 Å². The van der Waals surface area contributed by atoms with E-state index in [1.54, 1.807) is 31.7 Å². The SMILES string of the molecule is CC(C)(C)OC(=O)CON=C(C(=O)NC1C(=O)N2C(C(=O)O)=C(C=C3CCN(C(C)(C)C)C3=O)CSC12)c1csc(N)n1. The molecule has 0 spiro atoms. The first kappa shape index (κ1) is 32.0. The number of β-lactam (4-membered cyclic amide) rings is 1. The number of nitrogen functional groups attached to an aromatic ring is 1. The van der Waals surface area contributed by atoms with Gasteiger partial charge in [0.05, 0.1) is 0 Å². The number of fused-ring (bicyclic) bond motifs is 1. The van der Waals surface area contributed by atoms with Gasteiger partial charge in [0.15, 0.2) is 10.8 Å². The summed E-state index contributed by atoms with van der Waals surface area (Å²) in [5.74, 6) is -3.46. The van der Waals surface area contributed by atoms with Crippen molar-refractivity contribution >= 4 is 63.6 Å². The third-order valence-electron chi connectivity index (χ3n) is 6.51. The minimum absolute atomic E-state index is 0.0645. The number of carbonyl (C=O) groups excluding carboxylic acids is 4. The Bertz CT molecular complexity index is 1450. The van der Waals surface area contributed by atoms with Gasteiger partial charge >= 0.3 is 11.9 Å². The summed E-state index contributed by atoms with van der Waals surface area (Å²) in [6.45, 7) is 10.8. The summed E-state index contributed by atoms with van der Waals surface area (Å²) in [5.41, 5.74) is 4.93. The van der Waals surface area contributed by atoms with E-state index in [9.17, 15) is 29.1 Å². The minimum Gasteiger partial charge on any atom is -0.477 e. The Hall–Kier alpha value is -3.92. The lowest BCUT2D eigenvalue weighted by molar-refractivity contribution is -0.160. The highest BCUT2D eigenvalue weighted by Crippen LogP contribution is 2.41. The normalized spacial score (nSPS) is 22.0. The number of likely N-dealkylation sites (tertiary alicyclic amines) is 1. The Labute approximate surface area is 256 Å². The number of anilines is 1. The molecule has 0 aromatic carbocycles. The van der Waals surface area contributed by atoms with Gasteiger partial charge in [0.25, 0.3) is 11.8 Å². The fourth-order valence-electron chi connectivity index (χ4n) is 4.68. The molecule has 232 valence electrons. The number of nitrogens with zero attached hydrogens (tertiary/aromatic N) is 4. The number of hydrogen-bond donors (Lipinski definition) is 3. The van der Waals surface area contributed by atoms with E-state index in [0.29, 0.717) is 24.1 Å².